The number of carbonyl (C=O) groups excluding carboxylic acids is 1. The molecule has 0 atom stereocenters. The fourth-order valence-corrected chi connectivity index (χ4v) is 3.56. The summed E-state index contributed by atoms with van der Waals surface area (Å²) in [6.07, 6.45) is 8.92. The lowest BCUT2D eigenvalue weighted by Crippen LogP contribution is -2.08. The number of rotatable bonds is 12. The lowest BCUT2D eigenvalue weighted by atomic mass is 10.1. The molecule has 0 aromatic heterocycles. The van der Waals surface area contributed by atoms with Gasteiger partial charge in [-0.05, 0) is 66.1 Å². The van der Waals surface area contributed by atoms with Crippen molar-refractivity contribution in [1.29, 1.82) is 5.26 Å². The van der Waals surface area contributed by atoms with E-state index in [1.165, 1.54) is 38.5 Å². The summed E-state index contributed by atoms with van der Waals surface area (Å²) in [5, 5.41) is 8.85. The van der Waals surface area contributed by atoms with Gasteiger partial charge in [0.15, 0.2) is 0 Å². The molecule has 0 bridgehead atoms. The maximum Gasteiger partial charge on any atom is 0.343 e. The van der Waals surface area contributed by atoms with Crippen LogP contribution in [-0.2, 0) is 0 Å². The van der Waals surface area contributed by atoms with E-state index in [1.807, 2.05) is 42.5 Å². The Morgan fingerprint density at radius 1 is 0.727 bits per heavy atom. The van der Waals surface area contributed by atoms with Crippen molar-refractivity contribution in [2.75, 3.05) is 6.61 Å². The van der Waals surface area contributed by atoms with Gasteiger partial charge in [0.1, 0.15) is 11.5 Å². The van der Waals surface area contributed by atoms with Crippen LogP contribution >= 0.6 is 0 Å². The Morgan fingerprint density at radius 2 is 1.27 bits per heavy atom. The topological polar surface area (TPSA) is 59.3 Å². The fourth-order valence-electron chi connectivity index (χ4n) is 3.56. The lowest BCUT2D eigenvalue weighted by Gasteiger charge is -2.09. The lowest BCUT2D eigenvalue weighted by molar-refractivity contribution is 0.0735. The SMILES string of the molecule is CCCCCCCCCOc1ccc(-c2ccc(OC(=O)c3ccc(C#N)cc3)cc2)cc1. The first-order valence-corrected chi connectivity index (χ1v) is 11.7. The van der Waals surface area contributed by atoms with Crippen LogP contribution in [0.15, 0.2) is 72.8 Å². The molecule has 4 heteroatoms. The molecule has 0 spiro atoms. The molecule has 0 saturated carbocycles. The van der Waals surface area contributed by atoms with Gasteiger partial charge in [-0.25, -0.2) is 4.79 Å². The van der Waals surface area contributed by atoms with Crippen molar-refractivity contribution in [3.63, 3.8) is 0 Å². The molecule has 0 unspecified atom stereocenters. The van der Waals surface area contributed by atoms with Gasteiger partial charge < -0.3 is 9.47 Å². The third-order valence-electron chi connectivity index (χ3n) is 5.52. The minimum atomic E-state index is -0.449. The van der Waals surface area contributed by atoms with E-state index in [4.69, 9.17) is 14.7 Å². The summed E-state index contributed by atoms with van der Waals surface area (Å²) in [4.78, 5) is 12.3. The Kier molecular flexibility index (Phi) is 9.54. The van der Waals surface area contributed by atoms with Crippen LogP contribution in [0.3, 0.4) is 0 Å². The molecule has 0 N–H and O–H groups in total. The van der Waals surface area contributed by atoms with Crippen molar-refractivity contribution in [1.82, 2.24) is 0 Å². The maximum absolute atomic E-state index is 12.3. The van der Waals surface area contributed by atoms with E-state index in [1.54, 1.807) is 36.4 Å². The first kappa shape index (κ1) is 24.1. The zero-order chi connectivity index (χ0) is 23.3. The minimum absolute atomic E-state index is 0.408. The van der Waals surface area contributed by atoms with E-state index < -0.39 is 5.97 Å². The first-order valence-electron chi connectivity index (χ1n) is 11.7. The van der Waals surface area contributed by atoms with Crippen molar-refractivity contribution in [3.8, 4) is 28.7 Å². The van der Waals surface area contributed by atoms with Gasteiger partial charge in [0.05, 0.1) is 23.8 Å². The zero-order valence-corrected chi connectivity index (χ0v) is 19.3. The van der Waals surface area contributed by atoms with Gasteiger partial charge in [-0.2, -0.15) is 5.26 Å². The molecule has 0 amide bonds. The van der Waals surface area contributed by atoms with Crippen LogP contribution in [0.2, 0.25) is 0 Å². The number of esters is 1. The number of carbonyl (C=O) groups is 1. The average Bonchev–Trinajstić information content (AvgIpc) is 2.86. The Labute approximate surface area is 196 Å². The van der Waals surface area contributed by atoms with Crippen molar-refractivity contribution in [3.05, 3.63) is 83.9 Å². The van der Waals surface area contributed by atoms with E-state index in [0.29, 0.717) is 16.9 Å². The van der Waals surface area contributed by atoms with Crippen molar-refractivity contribution >= 4 is 5.97 Å². The average molecular weight is 442 g/mol. The second-order valence-electron chi connectivity index (χ2n) is 8.10. The molecule has 3 aromatic rings. The van der Waals surface area contributed by atoms with Gasteiger partial charge in [0, 0.05) is 0 Å². The summed E-state index contributed by atoms with van der Waals surface area (Å²) in [5.41, 5.74) is 3.02. The van der Waals surface area contributed by atoms with Crippen molar-refractivity contribution < 1.29 is 14.3 Å². The molecule has 0 heterocycles. The molecule has 0 aliphatic rings. The highest BCUT2D eigenvalue weighted by Crippen LogP contribution is 2.25. The van der Waals surface area contributed by atoms with E-state index in [0.717, 1.165) is 29.9 Å². The molecule has 3 aromatic carbocycles. The molecule has 3 rings (SSSR count). The smallest absolute Gasteiger partial charge is 0.343 e. The largest absolute Gasteiger partial charge is 0.494 e. The number of hydrogen-bond acceptors (Lipinski definition) is 4. The Balaban J connectivity index is 1.45. The number of hydrogen-bond donors (Lipinski definition) is 0. The second-order valence-corrected chi connectivity index (χ2v) is 8.10. The Bertz CT molecular complexity index is 1030. The van der Waals surface area contributed by atoms with Crippen LogP contribution in [0.1, 0.15) is 67.8 Å². The summed E-state index contributed by atoms with van der Waals surface area (Å²) < 4.78 is 11.3. The molecule has 0 radical (unpaired) electrons. The molecular weight excluding hydrogens is 410 g/mol. The van der Waals surface area contributed by atoms with Crippen LogP contribution in [0, 0.1) is 11.3 Å². The zero-order valence-electron chi connectivity index (χ0n) is 19.3. The predicted molar refractivity (Wildman–Crippen MR) is 131 cm³/mol. The van der Waals surface area contributed by atoms with E-state index in [9.17, 15) is 4.79 Å². The van der Waals surface area contributed by atoms with Gasteiger partial charge in [-0.15, -0.1) is 0 Å². The van der Waals surface area contributed by atoms with E-state index in [2.05, 4.69) is 6.92 Å². The number of unbranched alkanes of at least 4 members (excludes halogenated alkanes) is 6. The highest BCUT2D eigenvalue weighted by molar-refractivity contribution is 5.91. The summed E-state index contributed by atoms with van der Waals surface area (Å²) in [7, 11) is 0. The van der Waals surface area contributed by atoms with E-state index in [-0.39, 0.29) is 0 Å². The highest BCUT2D eigenvalue weighted by atomic mass is 16.5. The monoisotopic (exact) mass is 441 g/mol. The van der Waals surface area contributed by atoms with Gasteiger partial charge in [-0.3, -0.25) is 0 Å². The third kappa shape index (κ3) is 7.80. The normalized spacial score (nSPS) is 10.4. The van der Waals surface area contributed by atoms with Crippen LogP contribution in [0.5, 0.6) is 11.5 Å². The molecule has 33 heavy (non-hydrogen) atoms. The quantitative estimate of drug-likeness (QED) is 0.165. The molecule has 170 valence electrons. The van der Waals surface area contributed by atoms with Gasteiger partial charge in [0.25, 0.3) is 0 Å². The second kappa shape index (κ2) is 13.1. The van der Waals surface area contributed by atoms with Gasteiger partial charge in [0.2, 0.25) is 0 Å². The summed E-state index contributed by atoms with van der Waals surface area (Å²) in [6.45, 7) is 3.00. The number of nitriles is 1. The van der Waals surface area contributed by atoms with Crippen LogP contribution < -0.4 is 9.47 Å². The summed E-state index contributed by atoms with van der Waals surface area (Å²) in [6, 6.07) is 23.9. The number of ether oxygens (including phenoxy) is 2. The van der Waals surface area contributed by atoms with Crippen molar-refractivity contribution in [2.24, 2.45) is 0 Å². The number of nitrogens with zero attached hydrogens (tertiary/aromatic N) is 1. The predicted octanol–water partition coefficient (Wildman–Crippen LogP) is 7.57. The van der Waals surface area contributed by atoms with Gasteiger partial charge in [-0.1, -0.05) is 69.7 Å². The van der Waals surface area contributed by atoms with Crippen LogP contribution in [-0.4, -0.2) is 12.6 Å². The standard InChI is InChI=1S/C29H31NO3/c1-2-3-4-5-6-7-8-21-32-27-17-13-24(14-18-27)25-15-19-28(20-16-25)33-29(31)26-11-9-23(22-30)10-12-26/h9-20H,2-8,21H2,1H3. The van der Waals surface area contributed by atoms with Crippen molar-refractivity contribution in [2.45, 2.75) is 51.9 Å². The summed E-state index contributed by atoms with van der Waals surface area (Å²) >= 11 is 0. The Hall–Kier alpha value is -3.58. The summed E-state index contributed by atoms with van der Waals surface area (Å²) in [5.74, 6) is 0.912. The maximum atomic E-state index is 12.3. The third-order valence-corrected chi connectivity index (χ3v) is 5.52. The number of benzene rings is 3. The first-order chi connectivity index (χ1) is 16.2. The molecule has 0 aliphatic carbocycles. The molecule has 0 aliphatic heterocycles. The Morgan fingerprint density at radius 3 is 1.85 bits per heavy atom. The molecule has 4 nitrogen and oxygen atoms in total. The highest BCUT2D eigenvalue weighted by Gasteiger charge is 2.09. The molecule has 0 fully saturated rings. The van der Waals surface area contributed by atoms with E-state index >= 15 is 0 Å². The molecule has 0 saturated heterocycles. The minimum Gasteiger partial charge on any atom is -0.494 e. The van der Waals surface area contributed by atoms with Gasteiger partial charge >= 0.3 is 5.97 Å². The molecular formula is C29H31NO3. The fraction of sp³-hybridized carbons (Fsp3) is 0.310. The van der Waals surface area contributed by atoms with Crippen LogP contribution in [0.25, 0.3) is 11.1 Å². The van der Waals surface area contributed by atoms with Crippen LogP contribution in [0.4, 0.5) is 0 Å².